The summed E-state index contributed by atoms with van der Waals surface area (Å²) in [6.07, 6.45) is 11.9. The zero-order chi connectivity index (χ0) is 20.7. The first-order valence-electron chi connectivity index (χ1n) is 10.9. The summed E-state index contributed by atoms with van der Waals surface area (Å²) in [7, 11) is 5.90. The lowest BCUT2D eigenvalue weighted by molar-refractivity contribution is -0.873. The Morgan fingerprint density at radius 3 is 1.93 bits per heavy atom. The lowest BCUT2D eigenvalue weighted by Gasteiger charge is -2.28. The predicted octanol–water partition coefficient (Wildman–Crippen LogP) is 5.03. The van der Waals surface area contributed by atoms with Crippen LogP contribution in [0.15, 0.2) is 0 Å². The quantitative estimate of drug-likeness (QED) is 0.216. The molecule has 0 aromatic heterocycles. The monoisotopic (exact) mass is 386 g/mol. The van der Waals surface area contributed by atoms with Crippen molar-refractivity contribution < 1.29 is 23.9 Å². The predicted molar refractivity (Wildman–Crippen MR) is 111 cm³/mol. The normalized spacial score (nSPS) is 14.0. The maximum atomic E-state index is 12.0. The summed E-state index contributed by atoms with van der Waals surface area (Å²) in [6, 6.07) is 0. The van der Waals surface area contributed by atoms with Gasteiger partial charge in [0.05, 0.1) is 27.6 Å². The summed E-state index contributed by atoms with van der Waals surface area (Å²) in [5.74, 6) is -0.327. The minimum atomic E-state index is -0.926. The second kappa shape index (κ2) is 14.9. The van der Waals surface area contributed by atoms with Crippen LogP contribution in [0.3, 0.4) is 0 Å². The Morgan fingerprint density at radius 1 is 0.926 bits per heavy atom. The van der Waals surface area contributed by atoms with Crippen LogP contribution in [0.1, 0.15) is 90.9 Å². The summed E-state index contributed by atoms with van der Waals surface area (Å²) in [5.41, 5.74) is 0. The second-order valence-corrected chi connectivity index (χ2v) is 9.06. The fourth-order valence-corrected chi connectivity index (χ4v) is 3.22. The smallest absolute Gasteiger partial charge is 0.307 e. The molecule has 0 spiro atoms. The maximum absolute atomic E-state index is 12.0. The molecule has 5 nitrogen and oxygen atoms in total. The van der Waals surface area contributed by atoms with Gasteiger partial charge in [0.1, 0.15) is 6.54 Å². The molecule has 0 fully saturated rings. The van der Waals surface area contributed by atoms with Crippen LogP contribution in [0.25, 0.3) is 0 Å². The molecule has 1 N–H and O–H groups in total. The molecular weight excluding hydrogens is 342 g/mol. The zero-order valence-corrected chi connectivity index (χ0v) is 18.5. The van der Waals surface area contributed by atoms with E-state index in [2.05, 4.69) is 13.8 Å². The van der Waals surface area contributed by atoms with E-state index < -0.39 is 12.1 Å². The minimum absolute atomic E-state index is 0.127. The van der Waals surface area contributed by atoms with Gasteiger partial charge in [-0.1, -0.05) is 71.6 Å². The van der Waals surface area contributed by atoms with Crippen LogP contribution in [-0.4, -0.2) is 55.3 Å². The average molecular weight is 387 g/mol. The average Bonchev–Trinajstić information content (AvgIpc) is 2.53. The second-order valence-electron chi connectivity index (χ2n) is 9.06. The van der Waals surface area contributed by atoms with Gasteiger partial charge in [-0.3, -0.25) is 9.59 Å². The number of carbonyl (C=O) groups is 2. The summed E-state index contributed by atoms with van der Waals surface area (Å²) in [6.45, 7) is 5.10. The van der Waals surface area contributed by atoms with Crippen molar-refractivity contribution in [3.63, 3.8) is 0 Å². The third-order valence-electron chi connectivity index (χ3n) is 4.98. The van der Waals surface area contributed by atoms with Crippen molar-refractivity contribution in [3.05, 3.63) is 0 Å². The number of carboxylic acids is 1. The Kier molecular flexibility index (Phi) is 14.3. The van der Waals surface area contributed by atoms with Crippen LogP contribution in [-0.2, 0) is 14.3 Å². The third kappa shape index (κ3) is 18.0. The van der Waals surface area contributed by atoms with E-state index in [0.717, 1.165) is 25.2 Å². The van der Waals surface area contributed by atoms with Gasteiger partial charge in [-0.15, -0.1) is 0 Å². The molecule has 2 unspecified atom stereocenters. The van der Waals surface area contributed by atoms with Crippen LogP contribution in [0.5, 0.6) is 0 Å². The number of nitrogens with zero attached hydrogens (tertiary/aromatic N) is 1. The Morgan fingerprint density at radius 2 is 1.44 bits per heavy atom. The summed E-state index contributed by atoms with van der Waals surface area (Å²) in [4.78, 5) is 22.9. The highest BCUT2D eigenvalue weighted by atomic mass is 16.5. The molecule has 0 radical (unpaired) electrons. The van der Waals surface area contributed by atoms with Crippen molar-refractivity contribution in [1.29, 1.82) is 0 Å². The van der Waals surface area contributed by atoms with Crippen LogP contribution < -0.4 is 0 Å². The highest BCUT2D eigenvalue weighted by Crippen LogP contribution is 2.15. The van der Waals surface area contributed by atoms with Gasteiger partial charge in [-0.2, -0.15) is 0 Å². The van der Waals surface area contributed by atoms with E-state index in [4.69, 9.17) is 9.84 Å². The first kappa shape index (κ1) is 25.9. The number of carboxylic acid groups (broad SMARTS) is 1. The van der Waals surface area contributed by atoms with Crippen molar-refractivity contribution in [3.8, 4) is 0 Å². The van der Waals surface area contributed by atoms with Gasteiger partial charge in [-0.05, 0) is 12.3 Å². The number of quaternary nitrogens is 1. The van der Waals surface area contributed by atoms with E-state index in [0.29, 0.717) is 17.4 Å². The van der Waals surface area contributed by atoms with Gasteiger partial charge >= 0.3 is 11.9 Å². The van der Waals surface area contributed by atoms with Crippen molar-refractivity contribution in [2.24, 2.45) is 5.92 Å². The molecular formula is C22H44NO4+. The summed E-state index contributed by atoms with van der Waals surface area (Å²) < 4.78 is 5.97. The summed E-state index contributed by atoms with van der Waals surface area (Å²) >= 11 is 0. The number of ether oxygens (including phenoxy) is 1. The molecule has 0 aromatic carbocycles. The van der Waals surface area contributed by atoms with Crippen LogP contribution in [0.2, 0.25) is 0 Å². The number of aliphatic carboxylic acids is 1. The minimum Gasteiger partial charge on any atom is -0.481 e. The molecule has 0 amide bonds. The fraction of sp³-hybridized carbons (Fsp3) is 0.909. The SMILES string of the molecule is CCC(C)CCCCCCCCCCC(=O)OC(CC(=O)O)C[N+](C)(C)C. The summed E-state index contributed by atoms with van der Waals surface area (Å²) in [5, 5.41) is 8.99. The van der Waals surface area contributed by atoms with Crippen molar-refractivity contribution in [2.45, 2.75) is 97.0 Å². The number of unbranched alkanes of at least 4 members (excludes halogenated alkanes) is 7. The molecule has 0 aliphatic heterocycles. The molecule has 0 saturated carbocycles. The van der Waals surface area contributed by atoms with Gasteiger partial charge in [0, 0.05) is 6.42 Å². The van der Waals surface area contributed by atoms with Gasteiger partial charge < -0.3 is 14.3 Å². The van der Waals surface area contributed by atoms with E-state index in [9.17, 15) is 9.59 Å². The zero-order valence-electron chi connectivity index (χ0n) is 18.5. The Bertz CT molecular complexity index is 404. The Hall–Kier alpha value is -1.10. The highest BCUT2D eigenvalue weighted by molar-refractivity contribution is 5.71. The number of likely N-dealkylation sites (N-methyl/N-ethyl adjacent to an activating group) is 1. The van der Waals surface area contributed by atoms with E-state index in [-0.39, 0.29) is 12.4 Å². The molecule has 0 saturated heterocycles. The van der Waals surface area contributed by atoms with Crippen molar-refractivity contribution in [2.75, 3.05) is 27.7 Å². The molecule has 0 bridgehead atoms. The number of carbonyl (C=O) groups excluding carboxylic acids is 1. The van der Waals surface area contributed by atoms with E-state index in [1.165, 1.54) is 44.9 Å². The molecule has 0 aliphatic rings. The molecule has 0 rings (SSSR count). The van der Waals surface area contributed by atoms with Crippen LogP contribution in [0, 0.1) is 5.92 Å². The molecule has 160 valence electrons. The number of esters is 1. The molecule has 0 aliphatic carbocycles. The van der Waals surface area contributed by atoms with E-state index in [1.54, 1.807) is 0 Å². The van der Waals surface area contributed by atoms with Gasteiger partial charge in [0.2, 0.25) is 0 Å². The third-order valence-corrected chi connectivity index (χ3v) is 4.98. The molecule has 27 heavy (non-hydrogen) atoms. The lowest BCUT2D eigenvalue weighted by atomic mass is 9.99. The first-order valence-corrected chi connectivity index (χ1v) is 10.9. The molecule has 0 aromatic rings. The molecule has 5 heteroatoms. The Balaban J connectivity index is 3.73. The first-order chi connectivity index (χ1) is 12.6. The van der Waals surface area contributed by atoms with Crippen molar-refractivity contribution in [1.82, 2.24) is 0 Å². The largest absolute Gasteiger partial charge is 0.481 e. The van der Waals surface area contributed by atoms with Crippen LogP contribution in [0.4, 0.5) is 0 Å². The van der Waals surface area contributed by atoms with Crippen LogP contribution >= 0.6 is 0 Å². The van der Waals surface area contributed by atoms with E-state index in [1.807, 2.05) is 21.1 Å². The topological polar surface area (TPSA) is 63.6 Å². The highest BCUT2D eigenvalue weighted by Gasteiger charge is 2.24. The number of rotatable bonds is 17. The molecule has 2 atom stereocenters. The number of hydrogen-bond acceptors (Lipinski definition) is 3. The maximum Gasteiger partial charge on any atom is 0.307 e. The van der Waals surface area contributed by atoms with Gasteiger partial charge in [0.25, 0.3) is 0 Å². The Labute approximate surface area is 167 Å². The fourth-order valence-electron chi connectivity index (χ4n) is 3.22. The molecule has 0 heterocycles. The number of hydrogen-bond donors (Lipinski definition) is 1. The lowest BCUT2D eigenvalue weighted by Crippen LogP contribution is -2.43. The van der Waals surface area contributed by atoms with Gasteiger partial charge in [-0.25, -0.2) is 0 Å². The van der Waals surface area contributed by atoms with Crippen molar-refractivity contribution >= 4 is 11.9 Å². The van der Waals surface area contributed by atoms with E-state index >= 15 is 0 Å². The van der Waals surface area contributed by atoms with Gasteiger partial charge in [0.15, 0.2) is 6.10 Å². The standard InChI is InChI=1S/C22H43NO4/c1-6-19(2)15-13-11-9-7-8-10-12-14-16-22(26)27-20(17-21(24)25)18-23(3,4)5/h19-20H,6-18H2,1-5H3/p+1.